The molecule has 3 nitrogen and oxygen atoms in total. The molecule has 1 aromatic carbocycles. The Morgan fingerprint density at radius 1 is 1.26 bits per heavy atom. The van der Waals surface area contributed by atoms with Crippen molar-refractivity contribution >= 4 is 22.2 Å². The van der Waals surface area contributed by atoms with Gasteiger partial charge in [-0.2, -0.15) is 0 Å². The van der Waals surface area contributed by atoms with Gasteiger partial charge >= 0.3 is 0 Å². The molecule has 1 aromatic heterocycles. The predicted molar refractivity (Wildman–Crippen MR) is 83.4 cm³/mol. The van der Waals surface area contributed by atoms with Gasteiger partial charge in [0.25, 0.3) is 0 Å². The van der Waals surface area contributed by atoms with Crippen LogP contribution in [0.3, 0.4) is 0 Å². The fraction of sp³-hybridized carbons (Fsp3) is 0.400. The number of hydrogen-bond donors (Lipinski definition) is 1. The summed E-state index contributed by atoms with van der Waals surface area (Å²) in [6.07, 6.45) is 3.13. The average Bonchev–Trinajstić information content (AvgIpc) is 2.88. The fourth-order valence-electron chi connectivity index (χ4n) is 1.80. The number of thiazole rings is 1. The monoisotopic (exact) mass is 275 g/mol. The quantitative estimate of drug-likeness (QED) is 0.814. The molecule has 102 valence electrons. The highest BCUT2D eigenvalue weighted by Gasteiger charge is 2.08. The van der Waals surface area contributed by atoms with Crippen LogP contribution in [0.1, 0.15) is 23.8 Å². The summed E-state index contributed by atoms with van der Waals surface area (Å²) < 4.78 is 0. The summed E-state index contributed by atoms with van der Waals surface area (Å²) in [5.74, 6) is 0. The van der Waals surface area contributed by atoms with Gasteiger partial charge in [0.15, 0.2) is 5.13 Å². The van der Waals surface area contributed by atoms with Crippen LogP contribution in [-0.2, 0) is 6.54 Å². The molecule has 2 aromatic rings. The first kappa shape index (κ1) is 14.0. The van der Waals surface area contributed by atoms with E-state index in [1.54, 1.807) is 11.3 Å². The lowest BCUT2D eigenvalue weighted by atomic mass is 10.2. The van der Waals surface area contributed by atoms with E-state index < -0.39 is 0 Å². The van der Waals surface area contributed by atoms with Gasteiger partial charge in [-0.25, -0.2) is 4.98 Å². The molecule has 0 atom stereocenters. The van der Waals surface area contributed by atoms with Crippen molar-refractivity contribution in [2.24, 2.45) is 0 Å². The standard InChI is InChI=1S/C15H21N3S/c1-4-9-16-10-14-11-17-15(19-14)18(3)13-7-5-12(2)6-8-13/h5-8,11,16H,4,9-10H2,1-3H3. The second-order valence-corrected chi connectivity index (χ2v) is 5.77. The largest absolute Gasteiger partial charge is 0.321 e. The highest BCUT2D eigenvalue weighted by Crippen LogP contribution is 2.28. The van der Waals surface area contributed by atoms with Gasteiger partial charge in [0.1, 0.15) is 0 Å². The molecule has 0 fully saturated rings. The molecule has 0 aliphatic rings. The number of nitrogens with one attached hydrogen (secondary N) is 1. The number of aromatic nitrogens is 1. The molecule has 0 aliphatic heterocycles. The first-order valence-corrected chi connectivity index (χ1v) is 7.48. The van der Waals surface area contributed by atoms with Crippen molar-refractivity contribution in [2.45, 2.75) is 26.8 Å². The van der Waals surface area contributed by atoms with E-state index in [0.717, 1.165) is 24.6 Å². The minimum atomic E-state index is 0.910. The van der Waals surface area contributed by atoms with E-state index in [-0.39, 0.29) is 0 Å². The SMILES string of the molecule is CCCNCc1cnc(N(C)c2ccc(C)cc2)s1. The van der Waals surface area contributed by atoms with Crippen molar-refractivity contribution in [1.82, 2.24) is 10.3 Å². The smallest absolute Gasteiger partial charge is 0.189 e. The number of benzene rings is 1. The Morgan fingerprint density at radius 3 is 2.68 bits per heavy atom. The normalized spacial score (nSPS) is 10.7. The minimum absolute atomic E-state index is 0.910. The molecule has 0 aliphatic carbocycles. The zero-order valence-electron chi connectivity index (χ0n) is 11.8. The predicted octanol–water partition coefficient (Wildman–Crippen LogP) is 3.72. The molecule has 0 spiro atoms. The highest BCUT2D eigenvalue weighted by molar-refractivity contribution is 7.15. The molecular formula is C15H21N3S. The molecule has 19 heavy (non-hydrogen) atoms. The van der Waals surface area contributed by atoms with E-state index in [1.807, 2.05) is 6.20 Å². The van der Waals surface area contributed by atoms with Crippen LogP contribution in [-0.4, -0.2) is 18.6 Å². The third-order valence-corrected chi connectivity index (χ3v) is 4.05. The third kappa shape index (κ3) is 3.78. The van der Waals surface area contributed by atoms with Crippen LogP contribution in [0, 0.1) is 6.92 Å². The van der Waals surface area contributed by atoms with Crippen LogP contribution < -0.4 is 10.2 Å². The van der Waals surface area contributed by atoms with Crippen molar-refractivity contribution < 1.29 is 0 Å². The maximum absolute atomic E-state index is 4.50. The molecule has 4 heteroatoms. The lowest BCUT2D eigenvalue weighted by Gasteiger charge is -2.15. The number of anilines is 2. The molecule has 0 unspecified atom stereocenters. The number of nitrogens with zero attached hydrogens (tertiary/aromatic N) is 2. The van der Waals surface area contributed by atoms with E-state index in [1.165, 1.54) is 16.1 Å². The van der Waals surface area contributed by atoms with Gasteiger partial charge in [0.05, 0.1) is 0 Å². The Balaban J connectivity index is 2.03. The molecule has 0 saturated carbocycles. The molecule has 0 saturated heterocycles. The Labute approximate surface area is 119 Å². The van der Waals surface area contributed by atoms with Crippen molar-refractivity contribution in [3.63, 3.8) is 0 Å². The first-order valence-electron chi connectivity index (χ1n) is 6.66. The van der Waals surface area contributed by atoms with Crippen LogP contribution in [0.15, 0.2) is 30.5 Å². The Morgan fingerprint density at radius 2 is 2.00 bits per heavy atom. The van der Waals surface area contributed by atoms with Gasteiger partial charge in [-0.15, -0.1) is 11.3 Å². The lowest BCUT2D eigenvalue weighted by Crippen LogP contribution is -2.12. The van der Waals surface area contributed by atoms with E-state index in [9.17, 15) is 0 Å². The van der Waals surface area contributed by atoms with Gasteiger partial charge in [-0.05, 0) is 32.0 Å². The number of rotatable bonds is 6. The molecular weight excluding hydrogens is 254 g/mol. The molecule has 0 amide bonds. The van der Waals surface area contributed by atoms with Crippen LogP contribution in [0.2, 0.25) is 0 Å². The zero-order valence-corrected chi connectivity index (χ0v) is 12.6. The van der Waals surface area contributed by atoms with Gasteiger partial charge in [-0.1, -0.05) is 24.6 Å². The second kappa shape index (κ2) is 6.68. The summed E-state index contributed by atoms with van der Waals surface area (Å²) >= 11 is 1.74. The lowest BCUT2D eigenvalue weighted by molar-refractivity contribution is 0.681. The maximum Gasteiger partial charge on any atom is 0.189 e. The van der Waals surface area contributed by atoms with Gasteiger partial charge in [0.2, 0.25) is 0 Å². The van der Waals surface area contributed by atoms with E-state index in [0.29, 0.717) is 0 Å². The fourth-order valence-corrected chi connectivity index (χ4v) is 2.66. The number of aryl methyl sites for hydroxylation is 1. The second-order valence-electron chi connectivity index (χ2n) is 4.68. The number of hydrogen-bond acceptors (Lipinski definition) is 4. The highest BCUT2D eigenvalue weighted by atomic mass is 32.1. The third-order valence-electron chi connectivity index (χ3n) is 2.98. The maximum atomic E-state index is 4.50. The van der Waals surface area contributed by atoms with Crippen LogP contribution >= 0.6 is 11.3 Å². The van der Waals surface area contributed by atoms with Crippen LogP contribution in [0.25, 0.3) is 0 Å². The summed E-state index contributed by atoms with van der Waals surface area (Å²) in [5.41, 5.74) is 2.45. The molecule has 0 radical (unpaired) electrons. The molecule has 0 bridgehead atoms. The summed E-state index contributed by atoms with van der Waals surface area (Å²) in [6.45, 7) is 6.25. The van der Waals surface area contributed by atoms with Crippen molar-refractivity contribution in [2.75, 3.05) is 18.5 Å². The molecule has 1 heterocycles. The van der Waals surface area contributed by atoms with E-state index in [2.05, 4.69) is 60.4 Å². The average molecular weight is 275 g/mol. The van der Waals surface area contributed by atoms with Crippen LogP contribution in [0.5, 0.6) is 0 Å². The van der Waals surface area contributed by atoms with Crippen molar-refractivity contribution in [1.29, 1.82) is 0 Å². The van der Waals surface area contributed by atoms with E-state index in [4.69, 9.17) is 0 Å². The van der Waals surface area contributed by atoms with Gasteiger partial charge < -0.3 is 10.2 Å². The van der Waals surface area contributed by atoms with Crippen molar-refractivity contribution in [3.05, 3.63) is 40.9 Å². The minimum Gasteiger partial charge on any atom is -0.321 e. The zero-order chi connectivity index (χ0) is 13.7. The summed E-state index contributed by atoms with van der Waals surface area (Å²) in [5, 5.41) is 4.44. The molecule has 1 N–H and O–H groups in total. The molecule has 2 rings (SSSR count). The van der Waals surface area contributed by atoms with Gasteiger partial charge in [0, 0.05) is 30.4 Å². The summed E-state index contributed by atoms with van der Waals surface area (Å²) in [4.78, 5) is 7.91. The Bertz CT molecular complexity index is 504. The first-order chi connectivity index (χ1) is 9.20. The van der Waals surface area contributed by atoms with Gasteiger partial charge in [-0.3, -0.25) is 0 Å². The van der Waals surface area contributed by atoms with Crippen molar-refractivity contribution in [3.8, 4) is 0 Å². The Kier molecular flexibility index (Phi) is 4.93. The summed E-state index contributed by atoms with van der Waals surface area (Å²) in [7, 11) is 2.06. The van der Waals surface area contributed by atoms with Crippen LogP contribution in [0.4, 0.5) is 10.8 Å². The topological polar surface area (TPSA) is 28.2 Å². The van der Waals surface area contributed by atoms with E-state index >= 15 is 0 Å². The summed E-state index contributed by atoms with van der Waals surface area (Å²) in [6, 6.07) is 8.52. The Hall–Kier alpha value is -1.39.